The number of methoxy groups -OCH3 is 1. The molecule has 0 aromatic heterocycles. The fourth-order valence-corrected chi connectivity index (χ4v) is 3.28. The highest BCUT2D eigenvalue weighted by Crippen LogP contribution is 2.22. The Labute approximate surface area is 144 Å². The van der Waals surface area contributed by atoms with Crippen LogP contribution in [0.1, 0.15) is 13.8 Å². The molecule has 6 N–H and O–H groups in total. The van der Waals surface area contributed by atoms with Crippen LogP contribution in [-0.2, 0) is 19.1 Å². The zero-order chi connectivity index (χ0) is 17.7. The molecule has 22 heavy (non-hydrogen) atoms. The lowest BCUT2D eigenvalue weighted by molar-refractivity contribution is -0.141. The van der Waals surface area contributed by atoms with Crippen LogP contribution in [0.2, 0.25) is 0 Å². The summed E-state index contributed by atoms with van der Waals surface area (Å²) >= 11 is 3.81. The van der Waals surface area contributed by atoms with Gasteiger partial charge < -0.3 is 21.9 Å². The van der Waals surface area contributed by atoms with Crippen LogP contribution in [0.15, 0.2) is 0 Å². The first-order valence-corrected chi connectivity index (χ1v) is 9.50. The molecule has 0 fully saturated rings. The van der Waals surface area contributed by atoms with Crippen LogP contribution in [-0.4, -0.2) is 60.0 Å². The van der Waals surface area contributed by atoms with E-state index in [1.165, 1.54) is 42.5 Å². The lowest BCUT2D eigenvalue weighted by atomic mass is 10.3. The highest BCUT2D eigenvalue weighted by molar-refractivity contribution is 8.76. The van der Waals surface area contributed by atoms with Crippen molar-refractivity contribution in [3.63, 3.8) is 0 Å². The Morgan fingerprint density at radius 3 is 1.64 bits per heavy atom. The molecule has 0 saturated heterocycles. The predicted molar refractivity (Wildman–Crippen MR) is 96.1 cm³/mol. The molecule has 7 nitrogen and oxygen atoms in total. The third-order valence-corrected chi connectivity index (χ3v) is 5.19. The van der Waals surface area contributed by atoms with Gasteiger partial charge in [-0.05, 0) is 13.8 Å². The molecule has 0 radical (unpaired) electrons. The van der Waals surface area contributed by atoms with Gasteiger partial charge in [0.05, 0.1) is 19.2 Å². The predicted octanol–water partition coefficient (Wildman–Crippen LogP) is -0.383. The van der Waals surface area contributed by atoms with Crippen LogP contribution in [0.4, 0.5) is 0 Å². The summed E-state index contributed by atoms with van der Waals surface area (Å²) in [6, 6.07) is -1.44. The first-order valence-electron chi connectivity index (χ1n) is 6.38. The zero-order valence-electron chi connectivity index (χ0n) is 13.0. The topological polar surface area (TPSA) is 138 Å². The number of hydrogen-bond acceptors (Lipinski definition) is 10. The molecular weight excluding hydrogens is 346 g/mol. The van der Waals surface area contributed by atoms with Crippen molar-refractivity contribution in [1.29, 1.82) is 0 Å². The fourth-order valence-electron chi connectivity index (χ4n) is 0.708. The average molecular weight is 372 g/mol. The van der Waals surface area contributed by atoms with E-state index in [2.05, 4.69) is 17.4 Å². The van der Waals surface area contributed by atoms with Gasteiger partial charge >= 0.3 is 5.97 Å². The Balaban J connectivity index is 0. The number of ketones is 2. The van der Waals surface area contributed by atoms with Crippen LogP contribution in [0.5, 0.6) is 0 Å². The normalized spacial score (nSPS) is 14.1. The van der Waals surface area contributed by atoms with Gasteiger partial charge in [0.25, 0.3) is 0 Å². The van der Waals surface area contributed by atoms with Gasteiger partial charge in [0, 0.05) is 17.3 Å². The maximum Gasteiger partial charge on any atom is 0.323 e. The molecule has 0 rings (SSSR count). The molecule has 0 aliphatic heterocycles. The monoisotopic (exact) mass is 371 g/mol. The van der Waals surface area contributed by atoms with Gasteiger partial charge in [0.2, 0.25) is 0 Å². The summed E-state index contributed by atoms with van der Waals surface area (Å²) in [5, 5.41) is 0. The van der Waals surface area contributed by atoms with Gasteiger partial charge in [-0.1, -0.05) is 21.6 Å². The number of hydrogen-bond donors (Lipinski definition) is 4. The van der Waals surface area contributed by atoms with Crippen molar-refractivity contribution in [3.8, 4) is 0 Å². The zero-order valence-corrected chi connectivity index (χ0v) is 15.5. The van der Waals surface area contributed by atoms with E-state index >= 15 is 0 Å². The molecule has 0 spiro atoms. The number of esters is 1. The molecule has 0 aromatic carbocycles. The highest BCUT2D eigenvalue weighted by Gasteiger charge is 2.14. The van der Waals surface area contributed by atoms with Crippen molar-refractivity contribution >= 4 is 51.8 Å². The first kappa shape index (κ1) is 24.0. The molecule has 3 atom stereocenters. The Bertz CT molecular complexity index is 359. The van der Waals surface area contributed by atoms with Gasteiger partial charge in [0.15, 0.2) is 0 Å². The van der Waals surface area contributed by atoms with Crippen molar-refractivity contribution in [2.24, 2.45) is 17.2 Å². The Morgan fingerprint density at radius 1 is 0.955 bits per heavy atom. The van der Waals surface area contributed by atoms with Crippen molar-refractivity contribution < 1.29 is 19.1 Å². The molecular formula is C12H25N3O4S3. The average Bonchev–Trinajstić information content (AvgIpc) is 2.49. The second kappa shape index (κ2) is 14.3. The molecule has 0 aliphatic rings. The molecule has 0 aliphatic carbocycles. The maximum atomic E-state index is 10.9. The molecule has 10 heteroatoms. The van der Waals surface area contributed by atoms with Gasteiger partial charge in [-0.15, -0.1) is 0 Å². The van der Waals surface area contributed by atoms with Gasteiger partial charge in [0.1, 0.15) is 17.6 Å². The summed E-state index contributed by atoms with van der Waals surface area (Å²) in [6.07, 6.45) is 0. The van der Waals surface area contributed by atoms with Gasteiger partial charge in [-0.3, -0.25) is 14.4 Å². The summed E-state index contributed by atoms with van der Waals surface area (Å²) in [5.74, 6) is 0.930. The van der Waals surface area contributed by atoms with Gasteiger partial charge in [-0.2, -0.15) is 12.6 Å². The van der Waals surface area contributed by atoms with Gasteiger partial charge in [-0.25, -0.2) is 0 Å². The second-order valence-corrected chi connectivity index (χ2v) is 7.23. The first-order chi connectivity index (χ1) is 10.2. The van der Waals surface area contributed by atoms with Crippen LogP contribution in [0, 0.1) is 0 Å². The number of thiol groups is 1. The SMILES string of the molecule is CC(=O)C(N)CS.COC(=O)C(N)CSSCC(N)C(C)=O. The molecule has 0 bridgehead atoms. The minimum atomic E-state index is -0.624. The summed E-state index contributed by atoms with van der Waals surface area (Å²) < 4.78 is 4.46. The number of carbonyl (C=O) groups is 3. The number of carbonyl (C=O) groups excluding carboxylic acids is 3. The number of Topliss-reactive ketones (excluding diaryl/α,β-unsaturated/α-hetero) is 2. The lowest BCUT2D eigenvalue weighted by Gasteiger charge is -2.09. The highest BCUT2D eigenvalue weighted by atomic mass is 33.1. The van der Waals surface area contributed by atoms with E-state index in [0.717, 1.165) is 0 Å². The smallest absolute Gasteiger partial charge is 0.323 e. The summed E-state index contributed by atoms with van der Waals surface area (Å²) in [6.45, 7) is 2.91. The molecule has 3 unspecified atom stereocenters. The van der Waals surface area contributed by atoms with Crippen molar-refractivity contribution in [1.82, 2.24) is 0 Å². The molecule has 130 valence electrons. The van der Waals surface area contributed by atoms with Crippen molar-refractivity contribution in [2.75, 3.05) is 24.4 Å². The van der Waals surface area contributed by atoms with E-state index < -0.39 is 18.1 Å². The standard InChI is InChI=1S/C8H16N2O3S2.C4H9NOS/c1-5(11)6(9)3-14-15-4-7(10)8(12)13-2;1-3(6)4(5)2-7/h6-7H,3-4,9-10H2,1-2H3;4,7H,2,5H2,1H3. The molecule has 0 aromatic rings. The Morgan fingerprint density at radius 2 is 1.36 bits per heavy atom. The van der Waals surface area contributed by atoms with Crippen LogP contribution in [0.25, 0.3) is 0 Å². The van der Waals surface area contributed by atoms with Crippen molar-refractivity contribution in [2.45, 2.75) is 32.0 Å². The van der Waals surface area contributed by atoms with E-state index in [4.69, 9.17) is 17.2 Å². The number of nitrogens with two attached hydrogens (primary N) is 3. The van der Waals surface area contributed by atoms with E-state index in [0.29, 0.717) is 17.3 Å². The van der Waals surface area contributed by atoms with Crippen LogP contribution in [0.3, 0.4) is 0 Å². The minimum Gasteiger partial charge on any atom is -0.468 e. The Hall–Kier alpha value is -0.260. The lowest BCUT2D eigenvalue weighted by Crippen LogP contribution is -2.34. The van der Waals surface area contributed by atoms with Crippen LogP contribution < -0.4 is 17.2 Å². The maximum absolute atomic E-state index is 10.9. The van der Waals surface area contributed by atoms with E-state index in [1.807, 2.05) is 0 Å². The molecule has 0 heterocycles. The Kier molecular flexibility index (Phi) is 15.6. The second-order valence-electron chi connectivity index (χ2n) is 4.32. The quantitative estimate of drug-likeness (QED) is 0.185. The van der Waals surface area contributed by atoms with E-state index in [9.17, 15) is 14.4 Å². The summed E-state index contributed by atoms with van der Waals surface area (Å²) in [4.78, 5) is 31.9. The fraction of sp³-hybridized carbons (Fsp3) is 0.750. The van der Waals surface area contributed by atoms with E-state index in [1.54, 1.807) is 0 Å². The minimum absolute atomic E-state index is 0.00463. The summed E-state index contributed by atoms with van der Waals surface area (Å²) in [7, 11) is 4.14. The largest absolute Gasteiger partial charge is 0.468 e. The van der Waals surface area contributed by atoms with Crippen LogP contribution >= 0.6 is 34.2 Å². The third-order valence-electron chi connectivity index (χ3n) is 2.32. The molecule has 0 saturated carbocycles. The summed E-state index contributed by atoms with van der Waals surface area (Å²) in [5.41, 5.74) is 16.2. The van der Waals surface area contributed by atoms with E-state index in [-0.39, 0.29) is 17.6 Å². The number of ether oxygens (including phenoxy) is 1. The third kappa shape index (κ3) is 13.4. The number of rotatable bonds is 9. The molecule has 0 amide bonds. The van der Waals surface area contributed by atoms with Crippen molar-refractivity contribution in [3.05, 3.63) is 0 Å².